The van der Waals surface area contributed by atoms with E-state index < -0.39 is 10.0 Å². The second-order valence-electron chi connectivity index (χ2n) is 7.33. The van der Waals surface area contributed by atoms with Crippen molar-refractivity contribution in [1.29, 1.82) is 0 Å². The third kappa shape index (κ3) is 3.54. The Balaban J connectivity index is 1.74. The molecule has 0 heterocycles. The van der Waals surface area contributed by atoms with Crippen molar-refractivity contribution in [3.05, 3.63) is 58.6 Å². The zero-order valence-corrected chi connectivity index (χ0v) is 16.2. The number of sulfonamides is 1. The number of nitrogens with two attached hydrogens (primary N) is 1. The van der Waals surface area contributed by atoms with E-state index in [-0.39, 0.29) is 10.3 Å². The fourth-order valence-electron chi connectivity index (χ4n) is 3.72. The van der Waals surface area contributed by atoms with Gasteiger partial charge in [0.25, 0.3) is 0 Å². The molecule has 2 unspecified atom stereocenters. The molecule has 134 valence electrons. The van der Waals surface area contributed by atoms with Crippen molar-refractivity contribution in [1.82, 2.24) is 0 Å². The molecule has 25 heavy (non-hydrogen) atoms. The molecule has 0 aromatic heterocycles. The van der Waals surface area contributed by atoms with E-state index in [1.807, 2.05) is 37.3 Å². The lowest BCUT2D eigenvalue weighted by molar-refractivity contribution is 0.565. The van der Waals surface area contributed by atoms with Crippen molar-refractivity contribution < 1.29 is 8.42 Å². The van der Waals surface area contributed by atoms with E-state index in [1.165, 1.54) is 0 Å². The highest BCUT2D eigenvalue weighted by Crippen LogP contribution is 2.64. The van der Waals surface area contributed by atoms with E-state index in [9.17, 15) is 8.42 Å². The Labute approximate surface area is 154 Å². The van der Waals surface area contributed by atoms with Crippen molar-refractivity contribution >= 4 is 27.3 Å². The van der Waals surface area contributed by atoms with Gasteiger partial charge in [-0.25, -0.2) is 13.6 Å². The summed E-state index contributed by atoms with van der Waals surface area (Å²) in [6, 6.07) is 12.8. The number of para-hydroxylation sites is 1. The maximum Gasteiger partial charge on any atom is 0.238 e. The molecular formula is C19H23ClN2O2S. The molecule has 4 nitrogen and oxygen atoms in total. The molecule has 0 amide bonds. The predicted octanol–water partition coefficient (Wildman–Crippen LogP) is 4.15. The molecule has 1 aliphatic rings. The van der Waals surface area contributed by atoms with Crippen LogP contribution >= 0.6 is 11.6 Å². The Kier molecular flexibility index (Phi) is 4.60. The van der Waals surface area contributed by atoms with Crippen LogP contribution in [0.15, 0.2) is 47.4 Å². The van der Waals surface area contributed by atoms with Crippen LogP contribution < -0.4 is 10.5 Å². The number of aryl methyl sites for hydroxylation is 1. The Hall–Kier alpha value is -1.56. The molecule has 1 aliphatic carbocycles. The second kappa shape index (κ2) is 6.31. The van der Waals surface area contributed by atoms with Crippen LogP contribution in [0.1, 0.15) is 30.9 Å². The Bertz CT molecular complexity index is 872. The highest BCUT2D eigenvalue weighted by atomic mass is 35.5. The van der Waals surface area contributed by atoms with E-state index in [1.54, 1.807) is 12.1 Å². The molecule has 2 atom stereocenters. The minimum absolute atomic E-state index is 0.144. The topological polar surface area (TPSA) is 72.2 Å². The van der Waals surface area contributed by atoms with E-state index in [4.69, 9.17) is 16.7 Å². The maximum atomic E-state index is 11.4. The Morgan fingerprint density at radius 3 is 2.36 bits per heavy atom. The molecule has 1 saturated carbocycles. The van der Waals surface area contributed by atoms with Gasteiger partial charge in [-0.2, -0.15) is 0 Å². The molecule has 3 N–H and O–H groups in total. The van der Waals surface area contributed by atoms with Crippen LogP contribution in [0.2, 0.25) is 5.02 Å². The molecule has 2 aromatic carbocycles. The SMILES string of the molecule is Cc1cccc(Cl)c1NCC1C(c2ccc(S(N)(=O)=O)cc2)C1(C)C. The first-order valence-corrected chi connectivity index (χ1v) is 10.2. The molecule has 0 bridgehead atoms. The van der Waals surface area contributed by atoms with Gasteiger partial charge in [0, 0.05) is 6.54 Å². The van der Waals surface area contributed by atoms with Gasteiger partial charge in [0.05, 0.1) is 15.6 Å². The molecule has 0 spiro atoms. The van der Waals surface area contributed by atoms with Gasteiger partial charge in [-0.1, -0.05) is 49.7 Å². The van der Waals surface area contributed by atoms with Crippen LogP contribution in [0.25, 0.3) is 0 Å². The van der Waals surface area contributed by atoms with Crippen molar-refractivity contribution in [2.75, 3.05) is 11.9 Å². The summed E-state index contributed by atoms with van der Waals surface area (Å²) in [5.41, 5.74) is 3.39. The maximum absolute atomic E-state index is 11.4. The minimum atomic E-state index is -3.65. The molecule has 2 aromatic rings. The molecule has 3 rings (SSSR count). The van der Waals surface area contributed by atoms with Gasteiger partial charge in [-0.05, 0) is 53.5 Å². The average Bonchev–Trinajstić information content (AvgIpc) is 3.07. The van der Waals surface area contributed by atoms with E-state index in [0.29, 0.717) is 11.8 Å². The number of halogens is 1. The summed E-state index contributed by atoms with van der Waals surface area (Å²) in [6.45, 7) is 7.32. The normalized spacial score (nSPS) is 21.8. The molecule has 0 aliphatic heterocycles. The van der Waals surface area contributed by atoms with Crippen LogP contribution in [0.5, 0.6) is 0 Å². The quantitative estimate of drug-likeness (QED) is 0.820. The van der Waals surface area contributed by atoms with Gasteiger partial charge in [0.2, 0.25) is 10.0 Å². The summed E-state index contributed by atoms with van der Waals surface area (Å²) in [7, 11) is -3.65. The lowest BCUT2D eigenvalue weighted by Crippen LogP contribution is -2.11. The minimum Gasteiger partial charge on any atom is -0.383 e. The number of benzene rings is 2. The fraction of sp³-hybridized carbons (Fsp3) is 0.368. The molecule has 0 saturated heterocycles. The van der Waals surface area contributed by atoms with Gasteiger partial charge >= 0.3 is 0 Å². The first-order chi connectivity index (χ1) is 11.6. The number of hydrogen-bond donors (Lipinski definition) is 2. The summed E-state index contributed by atoms with van der Waals surface area (Å²) in [5, 5.41) is 9.38. The highest BCUT2D eigenvalue weighted by Gasteiger charge is 2.57. The lowest BCUT2D eigenvalue weighted by atomic mass is 10.0. The molecule has 1 fully saturated rings. The van der Waals surface area contributed by atoms with Gasteiger partial charge in [0.1, 0.15) is 0 Å². The summed E-state index contributed by atoms with van der Waals surface area (Å²) in [6.07, 6.45) is 0. The van der Waals surface area contributed by atoms with Gasteiger partial charge in [0.15, 0.2) is 0 Å². The first-order valence-electron chi connectivity index (χ1n) is 8.24. The lowest BCUT2D eigenvalue weighted by Gasteiger charge is -2.12. The second-order valence-corrected chi connectivity index (χ2v) is 9.30. The van der Waals surface area contributed by atoms with Gasteiger partial charge in [-0.3, -0.25) is 0 Å². The zero-order chi connectivity index (χ0) is 18.4. The predicted molar refractivity (Wildman–Crippen MR) is 103 cm³/mol. The van der Waals surface area contributed by atoms with Crippen LogP contribution in [-0.4, -0.2) is 15.0 Å². The summed E-state index contributed by atoms with van der Waals surface area (Å²) < 4.78 is 22.8. The standard InChI is InChI=1S/C19H23ClN2O2S/c1-12-5-4-6-16(20)18(12)22-11-15-17(19(15,2)3)13-7-9-14(10-8-13)25(21,23)24/h4-10,15,17,22H,11H2,1-3H3,(H2,21,23,24). The largest absolute Gasteiger partial charge is 0.383 e. The van der Waals surface area contributed by atoms with Crippen LogP contribution in [0, 0.1) is 18.3 Å². The molecule has 0 radical (unpaired) electrons. The Morgan fingerprint density at radius 1 is 1.16 bits per heavy atom. The van der Waals surface area contributed by atoms with Crippen molar-refractivity contribution in [2.45, 2.75) is 31.6 Å². The van der Waals surface area contributed by atoms with Crippen LogP contribution in [-0.2, 0) is 10.0 Å². The highest BCUT2D eigenvalue weighted by molar-refractivity contribution is 7.89. The molecule has 6 heteroatoms. The average molecular weight is 379 g/mol. The third-order valence-electron chi connectivity index (χ3n) is 5.34. The van der Waals surface area contributed by atoms with Crippen molar-refractivity contribution in [3.8, 4) is 0 Å². The van der Waals surface area contributed by atoms with E-state index in [0.717, 1.165) is 28.4 Å². The smallest absolute Gasteiger partial charge is 0.238 e. The number of primary sulfonamides is 1. The summed E-state index contributed by atoms with van der Waals surface area (Å²) in [4.78, 5) is 0.149. The van der Waals surface area contributed by atoms with Crippen LogP contribution in [0.4, 0.5) is 5.69 Å². The number of anilines is 1. The summed E-state index contributed by atoms with van der Waals surface area (Å²) >= 11 is 6.29. The van der Waals surface area contributed by atoms with Crippen molar-refractivity contribution in [3.63, 3.8) is 0 Å². The third-order valence-corrected chi connectivity index (χ3v) is 6.58. The monoisotopic (exact) mass is 378 g/mol. The number of rotatable bonds is 5. The van der Waals surface area contributed by atoms with Crippen molar-refractivity contribution in [2.24, 2.45) is 16.5 Å². The van der Waals surface area contributed by atoms with Gasteiger partial charge in [-0.15, -0.1) is 0 Å². The van der Waals surface area contributed by atoms with Crippen LogP contribution in [0.3, 0.4) is 0 Å². The zero-order valence-electron chi connectivity index (χ0n) is 14.6. The van der Waals surface area contributed by atoms with E-state index in [2.05, 4.69) is 19.2 Å². The fourth-order valence-corrected chi connectivity index (χ4v) is 4.52. The molecular weight excluding hydrogens is 356 g/mol. The summed E-state index contributed by atoms with van der Waals surface area (Å²) in [5.74, 6) is 0.820. The first kappa shape index (κ1) is 18.2. The van der Waals surface area contributed by atoms with E-state index >= 15 is 0 Å². The van der Waals surface area contributed by atoms with Gasteiger partial charge < -0.3 is 5.32 Å². The Morgan fingerprint density at radius 2 is 1.80 bits per heavy atom. The number of nitrogens with one attached hydrogen (secondary N) is 1. The number of hydrogen-bond acceptors (Lipinski definition) is 3.